The maximum absolute atomic E-state index is 14.1. The third-order valence-corrected chi connectivity index (χ3v) is 5.29. The van der Waals surface area contributed by atoms with Crippen LogP contribution in [0.1, 0.15) is 0 Å². The predicted octanol–water partition coefficient (Wildman–Crippen LogP) is 6.27. The normalized spacial score (nSPS) is 10.5. The highest BCUT2D eigenvalue weighted by atomic mass is 32.1. The topological polar surface area (TPSA) is 63.2 Å². The molecule has 0 radical (unpaired) electrons. The fourth-order valence-electron chi connectivity index (χ4n) is 3.00. The second kappa shape index (κ2) is 8.75. The van der Waals surface area contributed by atoms with Crippen molar-refractivity contribution in [3.05, 3.63) is 84.0 Å². The molecule has 0 unspecified atom stereocenters. The lowest BCUT2D eigenvalue weighted by Gasteiger charge is -2.12. The van der Waals surface area contributed by atoms with E-state index in [9.17, 15) is 9.18 Å². The number of ether oxygens (including phenoxy) is 1. The van der Waals surface area contributed by atoms with Gasteiger partial charge in [0.1, 0.15) is 16.6 Å². The van der Waals surface area contributed by atoms with Gasteiger partial charge in [-0.05, 0) is 30.3 Å². The molecule has 0 spiro atoms. The number of nitrogens with one attached hydrogen (secondary N) is 2. The van der Waals surface area contributed by atoms with Crippen molar-refractivity contribution in [2.24, 2.45) is 0 Å². The summed E-state index contributed by atoms with van der Waals surface area (Å²) in [4.78, 5) is 17.1. The van der Waals surface area contributed by atoms with Crippen LogP contribution in [0.4, 0.5) is 20.6 Å². The highest BCUT2D eigenvalue weighted by Crippen LogP contribution is 2.34. The van der Waals surface area contributed by atoms with Gasteiger partial charge in [-0.1, -0.05) is 42.5 Å². The minimum absolute atomic E-state index is 0.319. The van der Waals surface area contributed by atoms with Crippen LogP contribution >= 0.6 is 11.3 Å². The van der Waals surface area contributed by atoms with Crippen molar-refractivity contribution in [3.63, 3.8) is 0 Å². The Morgan fingerprint density at radius 1 is 0.900 bits per heavy atom. The van der Waals surface area contributed by atoms with Crippen LogP contribution in [0, 0.1) is 5.82 Å². The third-order valence-electron chi connectivity index (χ3n) is 4.41. The van der Waals surface area contributed by atoms with E-state index in [2.05, 4.69) is 15.6 Å². The second-order valence-electron chi connectivity index (χ2n) is 6.34. The first-order valence-electron chi connectivity index (χ1n) is 9.16. The number of urea groups is 1. The predicted molar refractivity (Wildman–Crippen MR) is 119 cm³/mol. The number of carbonyl (C=O) groups excluding carboxylic acids is 1. The third kappa shape index (κ3) is 4.16. The van der Waals surface area contributed by atoms with Crippen molar-refractivity contribution in [3.8, 4) is 27.6 Å². The molecule has 0 saturated carbocycles. The Balaban J connectivity index is 1.58. The van der Waals surface area contributed by atoms with Gasteiger partial charge in [-0.2, -0.15) is 0 Å². The molecule has 4 rings (SSSR count). The van der Waals surface area contributed by atoms with Crippen molar-refractivity contribution in [1.29, 1.82) is 0 Å². The average Bonchev–Trinajstić information content (AvgIpc) is 3.24. The number of nitrogens with zero attached hydrogens (tertiary/aromatic N) is 1. The van der Waals surface area contributed by atoms with Crippen LogP contribution in [0.15, 0.2) is 78.2 Å². The molecule has 0 saturated heterocycles. The Bertz CT molecular complexity index is 1190. The molecule has 0 aliphatic heterocycles. The smallest absolute Gasteiger partial charge is 0.323 e. The number of rotatable bonds is 5. The lowest BCUT2D eigenvalue weighted by molar-refractivity contribution is 0.262. The molecule has 4 aromatic rings. The fourth-order valence-corrected chi connectivity index (χ4v) is 3.84. The Hall–Kier alpha value is -3.71. The summed E-state index contributed by atoms with van der Waals surface area (Å²) in [5, 5.41) is 8.07. The second-order valence-corrected chi connectivity index (χ2v) is 7.20. The van der Waals surface area contributed by atoms with Gasteiger partial charge in [0, 0.05) is 16.5 Å². The molecule has 0 bridgehead atoms. The van der Waals surface area contributed by atoms with E-state index in [4.69, 9.17) is 4.74 Å². The number of hydrogen-bond donors (Lipinski definition) is 2. The SMILES string of the molecule is COc1ccccc1NC(=O)Nc1ccccc1-c1csc(-c2ccccc2F)n1. The summed E-state index contributed by atoms with van der Waals surface area (Å²) in [5.41, 5.74) is 3.01. The number of methoxy groups -OCH3 is 1. The first kappa shape index (κ1) is 19.6. The van der Waals surface area contributed by atoms with Crippen LogP contribution in [-0.4, -0.2) is 18.1 Å². The summed E-state index contributed by atoms with van der Waals surface area (Å²) >= 11 is 1.35. The van der Waals surface area contributed by atoms with Crippen molar-refractivity contribution in [2.45, 2.75) is 0 Å². The Labute approximate surface area is 177 Å². The molecule has 1 aromatic heterocycles. The van der Waals surface area contributed by atoms with Gasteiger partial charge < -0.3 is 15.4 Å². The molecule has 0 fully saturated rings. The number of benzene rings is 3. The monoisotopic (exact) mass is 419 g/mol. The van der Waals surface area contributed by atoms with Crippen LogP contribution in [0.25, 0.3) is 21.8 Å². The molecule has 150 valence electrons. The summed E-state index contributed by atoms with van der Waals surface area (Å²) in [5.74, 6) is 0.246. The Kier molecular flexibility index (Phi) is 5.72. The van der Waals surface area contributed by atoms with Crippen LogP contribution < -0.4 is 15.4 Å². The number of hydrogen-bond acceptors (Lipinski definition) is 4. The Morgan fingerprint density at radius 2 is 1.53 bits per heavy atom. The molecule has 0 aliphatic rings. The van der Waals surface area contributed by atoms with Gasteiger partial charge >= 0.3 is 6.03 Å². The Morgan fingerprint density at radius 3 is 2.30 bits per heavy atom. The summed E-state index contributed by atoms with van der Waals surface area (Å²) in [6, 6.07) is 20.6. The molecule has 2 amide bonds. The zero-order valence-corrected chi connectivity index (χ0v) is 16.9. The van der Waals surface area contributed by atoms with Gasteiger partial charge in [-0.15, -0.1) is 11.3 Å². The van der Waals surface area contributed by atoms with Gasteiger partial charge in [-0.3, -0.25) is 0 Å². The van der Waals surface area contributed by atoms with Crippen molar-refractivity contribution < 1.29 is 13.9 Å². The van der Waals surface area contributed by atoms with E-state index in [0.29, 0.717) is 33.4 Å². The van der Waals surface area contributed by atoms with Gasteiger partial charge in [0.15, 0.2) is 0 Å². The molecule has 0 aliphatic carbocycles. The first-order chi connectivity index (χ1) is 14.7. The maximum atomic E-state index is 14.1. The van der Waals surface area contributed by atoms with E-state index < -0.39 is 6.03 Å². The minimum atomic E-state index is -0.406. The quantitative estimate of drug-likeness (QED) is 0.401. The summed E-state index contributed by atoms with van der Waals surface area (Å²) < 4.78 is 19.4. The standard InChI is InChI=1S/C23H18FN3O2S/c1-29-21-13-7-6-12-19(21)27-23(28)26-18-11-5-3-9-16(18)20-14-30-22(25-20)15-8-2-4-10-17(15)24/h2-14H,1H3,(H2,26,27,28). The molecular formula is C23H18FN3O2S. The van der Waals surface area contributed by atoms with Gasteiger partial charge in [0.25, 0.3) is 0 Å². The van der Waals surface area contributed by atoms with Crippen LogP contribution in [-0.2, 0) is 0 Å². The summed E-state index contributed by atoms with van der Waals surface area (Å²) in [6.45, 7) is 0. The minimum Gasteiger partial charge on any atom is -0.495 e. The van der Waals surface area contributed by atoms with E-state index >= 15 is 0 Å². The molecule has 30 heavy (non-hydrogen) atoms. The van der Waals surface area contributed by atoms with Crippen molar-refractivity contribution in [1.82, 2.24) is 4.98 Å². The highest BCUT2D eigenvalue weighted by molar-refractivity contribution is 7.13. The number of anilines is 2. The number of aromatic nitrogens is 1. The lowest BCUT2D eigenvalue weighted by atomic mass is 10.1. The van der Waals surface area contributed by atoms with E-state index in [0.717, 1.165) is 5.56 Å². The molecule has 1 heterocycles. The first-order valence-corrected chi connectivity index (χ1v) is 10.0. The highest BCUT2D eigenvalue weighted by Gasteiger charge is 2.14. The van der Waals surface area contributed by atoms with Gasteiger partial charge in [0.05, 0.1) is 24.2 Å². The zero-order valence-electron chi connectivity index (χ0n) is 16.1. The number of halogens is 1. The van der Waals surface area contributed by atoms with Gasteiger partial charge in [0.2, 0.25) is 0 Å². The van der Waals surface area contributed by atoms with Crippen LogP contribution in [0.5, 0.6) is 5.75 Å². The van der Waals surface area contributed by atoms with Crippen molar-refractivity contribution in [2.75, 3.05) is 17.7 Å². The maximum Gasteiger partial charge on any atom is 0.323 e. The number of carbonyl (C=O) groups is 1. The van der Waals surface area contributed by atoms with E-state index in [-0.39, 0.29) is 5.82 Å². The van der Waals surface area contributed by atoms with E-state index in [1.165, 1.54) is 17.4 Å². The zero-order chi connectivity index (χ0) is 20.9. The van der Waals surface area contributed by atoms with E-state index in [1.807, 2.05) is 35.7 Å². The molecule has 2 N–H and O–H groups in total. The average molecular weight is 419 g/mol. The molecule has 5 nitrogen and oxygen atoms in total. The van der Waals surface area contributed by atoms with Gasteiger partial charge in [-0.25, -0.2) is 14.2 Å². The number of amides is 2. The lowest BCUT2D eigenvalue weighted by Crippen LogP contribution is -2.20. The molecular weight excluding hydrogens is 401 g/mol. The number of thiazole rings is 1. The van der Waals surface area contributed by atoms with E-state index in [1.54, 1.807) is 43.5 Å². The molecule has 7 heteroatoms. The number of para-hydroxylation sites is 3. The largest absolute Gasteiger partial charge is 0.495 e. The van der Waals surface area contributed by atoms with Crippen LogP contribution in [0.2, 0.25) is 0 Å². The molecule has 0 atom stereocenters. The van der Waals surface area contributed by atoms with Crippen LogP contribution in [0.3, 0.4) is 0 Å². The summed E-state index contributed by atoms with van der Waals surface area (Å²) in [7, 11) is 1.54. The summed E-state index contributed by atoms with van der Waals surface area (Å²) in [6.07, 6.45) is 0. The van der Waals surface area contributed by atoms with Crippen molar-refractivity contribution >= 4 is 28.7 Å². The molecule has 3 aromatic carbocycles. The fraction of sp³-hybridized carbons (Fsp3) is 0.0435.